The van der Waals surface area contributed by atoms with Crippen LogP contribution >= 0.6 is 34.5 Å². The summed E-state index contributed by atoms with van der Waals surface area (Å²) in [4.78, 5) is 14.8. The van der Waals surface area contributed by atoms with E-state index in [-0.39, 0.29) is 5.88 Å². The van der Waals surface area contributed by atoms with Crippen LogP contribution in [0.4, 0.5) is 0 Å². The van der Waals surface area contributed by atoms with Gasteiger partial charge in [-0.25, -0.2) is 4.68 Å². The molecule has 0 atom stereocenters. The molecule has 0 spiro atoms. The molecule has 0 aliphatic rings. The molecule has 25 heavy (non-hydrogen) atoms. The Balaban J connectivity index is 1.93. The minimum absolute atomic E-state index is 0.237. The Kier molecular flexibility index (Phi) is 4.17. The highest BCUT2D eigenvalue weighted by Gasteiger charge is 2.17. The molecule has 0 unspecified atom stereocenters. The normalized spacial score (nSPS) is 11.0. The van der Waals surface area contributed by atoms with Gasteiger partial charge in [0.15, 0.2) is 0 Å². The van der Waals surface area contributed by atoms with Crippen LogP contribution in [0.15, 0.2) is 47.8 Å². The van der Waals surface area contributed by atoms with Crippen molar-refractivity contribution in [3.8, 4) is 22.3 Å². The fourth-order valence-corrected chi connectivity index (χ4v) is 3.74. The van der Waals surface area contributed by atoms with Crippen LogP contribution in [0.1, 0.15) is 0 Å². The summed E-state index contributed by atoms with van der Waals surface area (Å²) in [5.41, 5.74) is 2.38. The van der Waals surface area contributed by atoms with Gasteiger partial charge in [-0.1, -0.05) is 52.7 Å². The Morgan fingerprint density at radius 3 is 2.80 bits per heavy atom. The highest BCUT2D eigenvalue weighted by atomic mass is 35.5. The second-order valence-electron chi connectivity index (χ2n) is 5.08. The minimum atomic E-state index is 0.237. The van der Waals surface area contributed by atoms with Crippen LogP contribution in [0.25, 0.3) is 27.3 Å². The zero-order chi connectivity index (χ0) is 17.4. The maximum atomic E-state index is 10.5. The van der Waals surface area contributed by atoms with Crippen LogP contribution < -0.4 is 4.74 Å². The van der Waals surface area contributed by atoms with Crippen molar-refractivity contribution in [3.05, 3.63) is 57.9 Å². The summed E-state index contributed by atoms with van der Waals surface area (Å²) in [7, 11) is 0. The smallest absolute Gasteiger partial charge is 0.299 e. The first-order chi connectivity index (χ1) is 12.2. The number of carbonyl (C=O) groups excluding carboxylic acids is 1. The molecule has 0 radical (unpaired) electrons. The van der Waals surface area contributed by atoms with Gasteiger partial charge in [0.05, 0.1) is 15.9 Å². The highest BCUT2D eigenvalue weighted by Crippen LogP contribution is 2.35. The molecule has 5 nitrogen and oxygen atoms in total. The first-order valence-electron chi connectivity index (χ1n) is 7.17. The largest absolute Gasteiger partial charge is 0.409 e. The van der Waals surface area contributed by atoms with Crippen molar-refractivity contribution in [3.63, 3.8) is 0 Å². The van der Waals surface area contributed by atoms with Gasteiger partial charge in [0.25, 0.3) is 6.47 Å². The fourth-order valence-electron chi connectivity index (χ4n) is 2.54. The number of halogens is 2. The molecule has 2 aromatic carbocycles. The van der Waals surface area contributed by atoms with Crippen molar-refractivity contribution in [1.82, 2.24) is 14.8 Å². The average molecular weight is 390 g/mol. The molecule has 0 bridgehead atoms. The van der Waals surface area contributed by atoms with Gasteiger partial charge in [-0.15, -0.1) is 0 Å². The Bertz CT molecular complexity index is 1090. The summed E-state index contributed by atoms with van der Waals surface area (Å²) in [6, 6.07) is 13.1. The lowest BCUT2D eigenvalue weighted by molar-refractivity contribution is -0.120. The van der Waals surface area contributed by atoms with Gasteiger partial charge in [0.2, 0.25) is 11.0 Å². The number of nitrogens with zero attached hydrogens (tertiary/aromatic N) is 3. The second-order valence-corrected chi connectivity index (χ2v) is 6.76. The van der Waals surface area contributed by atoms with E-state index >= 15 is 0 Å². The van der Waals surface area contributed by atoms with Crippen molar-refractivity contribution in [2.45, 2.75) is 0 Å². The highest BCUT2D eigenvalue weighted by molar-refractivity contribution is 7.12. The van der Waals surface area contributed by atoms with Crippen molar-refractivity contribution >= 4 is 51.9 Å². The molecule has 2 aromatic heterocycles. The quantitative estimate of drug-likeness (QED) is 0.461. The number of hydrogen-bond acceptors (Lipinski definition) is 5. The lowest BCUT2D eigenvalue weighted by Crippen LogP contribution is -1.96. The SMILES string of the molecule is O=COc1csc(-n2nc(-c3ccc(Cl)cc3Cl)c3ccccc32)n1. The maximum Gasteiger partial charge on any atom is 0.299 e. The zero-order valence-electron chi connectivity index (χ0n) is 12.5. The lowest BCUT2D eigenvalue weighted by atomic mass is 10.1. The summed E-state index contributed by atoms with van der Waals surface area (Å²) in [5, 5.41) is 8.94. The minimum Gasteiger partial charge on any atom is -0.409 e. The predicted octanol–water partition coefficient (Wildman–Crippen LogP) is 4.99. The van der Waals surface area contributed by atoms with Crippen LogP contribution in [0, 0.1) is 0 Å². The summed E-state index contributed by atoms with van der Waals surface area (Å²) in [6.45, 7) is 0.346. The maximum absolute atomic E-state index is 10.5. The number of thiazole rings is 1. The Labute approximate surface area is 156 Å². The molecule has 0 aliphatic carbocycles. The van der Waals surface area contributed by atoms with Crippen LogP contribution in [0.2, 0.25) is 10.0 Å². The van der Waals surface area contributed by atoms with Crippen molar-refractivity contribution in [1.29, 1.82) is 0 Å². The van der Waals surface area contributed by atoms with Crippen molar-refractivity contribution < 1.29 is 9.53 Å². The molecule has 0 amide bonds. The van der Waals surface area contributed by atoms with E-state index in [0.717, 1.165) is 22.2 Å². The van der Waals surface area contributed by atoms with Gasteiger partial charge in [0, 0.05) is 16.0 Å². The van der Waals surface area contributed by atoms with Gasteiger partial charge in [-0.05, 0) is 24.3 Å². The topological polar surface area (TPSA) is 57.0 Å². The molecule has 2 heterocycles. The van der Waals surface area contributed by atoms with E-state index in [2.05, 4.69) is 10.1 Å². The number of aromatic nitrogens is 3. The number of para-hydroxylation sites is 1. The van der Waals surface area contributed by atoms with E-state index in [1.807, 2.05) is 30.3 Å². The molecule has 4 aromatic rings. The van der Waals surface area contributed by atoms with E-state index in [1.165, 1.54) is 11.3 Å². The third-order valence-electron chi connectivity index (χ3n) is 3.59. The van der Waals surface area contributed by atoms with E-state index in [4.69, 9.17) is 27.9 Å². The summed E-state index contributed by atoms with van der Waals surface area (Å²) < 4.78 is 6.49. The summed E-state index contributed by atoms with van der Waals surface area (Å²) in [5.74, 6) is 0.237. The first kappa shape index (κ1) is 16.1. The van der Waals surface area contributed by atoms with Crippen molar-refractivity contribution in [2.75, 3.05) is 0 Å². The number of benzene rings is 2. The Hall–Kier alpha value is -2.41. The number of ether oxygens (including phenoxy) is 1. The molecule has 8 heteroatoms. The molecule has 0 saturated heterocycles. The van der Waals surface area contributed by atoms with E-state index in [1.54, 1.807) is 22.2 Å². The van der Waals surface area contributed by atoms with E-state index in [9.17, 15) is 4.79 Å². The van der Waals surface area contributed by atoms with Crippen LogP contribution in [0.3, 0.4) is 0 Å². The Morgan fingerprint density at radius 2 is 2.00 bits per heavy atom. The number of carbonyl (C=O) groups is 1. The molecular weight excluding hydrogens is 381 g/mol. The predicted molar refractivity (Wildman–Crippen MR) is 98.9 cm³/mol. The molecule has 4 rings (SSSR count). The molecule has 0 N–H and O–H groups in total. The summed E-state index contributed by atoms with van der Waals surface area (Å²) in [6.07, 6.45) is 0. The Morgan fingerprint density at radius 1 is 1.16 bits per heavy atom. The van der Waals surface area contributed by atoms with Crippen LogP contribution in [0.5, 0.6) is 5.88 Å². The number of hydrogen-bond donors (Lipinski definition) is 0. The monoisotopic (exact) mass is 389 g/mol. The molecule has 0 aliphatic heterocycles. The number of fused-ring (bicyclic) bond motifs is 1. The molecular formula is C17H9Cl2N3O2S. The number of rotatable bonds is 4. The van der Waals surface area contributed by atoms with Gasteiger partial charge in [-0.2, -0.15) is 10.1 Å². The molecule has 0 fully saturated rings. The van der Waals surface area contributed by atoms with Gasteiger partial charge in [-0.3, -0.25) is 4.79 Å². The second kappa shape index (κ2) is 6.48. The van der Waals surface area contributed by atoms with Gasteiger partial charge >= 0.3 is 0 Å². The van der Waals surface area contributed by atoms with Gasteiger partial charge in [0.1, 0.15) is 5.69 Å². The fraction of sp³-hybridized carbons (Fsp3) is 0. The average Bonchev–Trinajstić information content (AvgIpc) is 3.20. The molecule has 124 valence electrons. The van der Waals surface area contributed by atoms with Crippen molar-refractivity contribution in [2.24, 2.45) is 0 Å². The zero-order valence-corrected chi connectivity index (χ0v) is 14.8. The van der Waals surface area contributed by atoms with E-state index < -0.39 is 0 Å². The third kappa shape index (κ3) is 2.89. The van der Waals surface area contributed by atoms with Crippen LogP contribution in [-0.4, -0.2) is 21.2 Å². The molecule has 0 saturated carbocycles. The van der Waals surface area contributed by atoms with Crippen LogP contribution in [-0.2, 0) is 4.79 Å². The standard InChI is InChI=1S/C17H9Cl2N3O2S/c18-10-5-6-11(13(19)7-10)16-12-3-1-2-4-14(12)22(21-16)17-20-15(8-25-17)24-9-23/h1-9H. The summed E-state index contributed by atoms with van der Waals surface area (Å²) >= 11 is 13.7. The van der Waals surface area contributed by atoms with E-state index in [0.29, 0.717) is 21.6 Å². The van der Waals surface area contributed by atoms with Gasteiger partial charge < -0.3 is 4.74 Å². The lowest BCUT2D eigenvalue weighted by Gasteiger charge is -2.01. The third-order valence-corrected chi connectivity index (χ3v) is 4.94. The first-order valence-corrected chi connectivity index (χ1v) is 8.80.